The van der Waals surface area contributed by atoms with Gasteiger partial charge in [0, 0.05) is 24.0 Å². The maximum Gasteiger partial charge on any atom is 0.308 e. The first kappa shape index (κ1) is 19.0. The van der Waals surface area contributed by atoms with Crippen LogP contribution in [0.3, 0.4) is 0 Å². The van der Waals surface area contributed by atoms with Gasteiger partial charge in [0.2, 0.25) is 5.91 Å². The summed E-state index contributed by atoms with van der Waals surface area (Å²) >= 11 is 5.95. The second-order valence-electron chi connectivity index (χ2n) is 7.41. The Hall–Kier alpha value is -2.37. The van der Waals surface area contributed by atoms with E-state index in [1.165, 1.54) is 5.56 Å². The van der Waals surface area contributed by atoms with Gasteiger partial charge < -0.3 is 14.7 Å². The third-order valence-electron chi connectivity index (χ3n) is 5.74. The van der Waals surface area contributed by atoms with Crippen LogP contribution in [0.1, 0.15) is 35.1 Å². The molecule has 146 valence electrons. The number of carbonyl (C=O) groups is 2. The van der Waals surface area contributed by atoms with Crippen molar-refractivity contribution in [1.82, 2.24) is 4.90 Å². The van der Waals surface area contributed by atoms with Crippen molar-refractivity contribution < 1.29 is 19.4 Å². The molecule has 5 nitrogen and oxygen atoms in total. The lowest BCUT2D eigenvalue weighted by atomic mass is 9.89. The maximum atomic E-state index is 13.0. The van der Waals surface area contributed by atoms with E-state index in [1.807, 2.05) is 30.3 Å². The van der Waals surface area contributed by atoms with E-state index in [4.69, 9.17) is 16.3 Å². The second kappa shape index (κ2) is 7.94. The van der Waals surface area contributed by atoms with Crippen LogP contribution >= 0.6 is 11.6 Å². The van der Waals surface area contributed by atoms with E-state index in [0.717, 1.165) is 17.5 Å². The molecule has 0 spiro atoms. The number of likely N-dealkylation sites (tertiary alicyclic amines) is 1. The smallest absolute Gasteiger partial charge is 0.308 e. The van der Waals surface area contributed by atoms with Gasteiger partial charge in [0.05, 0.1) is 25.0 Å². The van der Waals surface area contributed by atoms with Gasteiger partial charge in [0.25, 0.3) is 0 Å². The molecule has 2 aromatic rings. The zero-order valence-electron chi connectivity index (χ0n) is 15.4. The van der Waals surface area contributed by atoms with Gasteiger partial charge in [-0.25, -0.2) is 0 Å². The van der Waals surface area contributed by atoms with E-state index >= 15 is 0 Å². The van der Waals surface area contributed by atoms with Crippen molar-refractivity contribution in [1.29, 1.82) is 0 Å². The highest BCUT2D eigenvalue weighted by Crippen LogP contribution is 2.36. The zero-order valence-corrected chi connectivity index (χ0v) is 16.1. The largest absolute Gasteiger partial charge is 0.481 e. The van der Waals surface area contributed by atoms with Crippen LogP contribution in [0.2, 0.25) is 5.02 Å². The molecule has 1 N–H and O–H groups in total. The molecule has 0 aliphatic carbocycles. The molecule has 28 heavy (non-hydrogen) atoms. The molecule has 0 aromatic heterocycles. The van der Waals surface area contributed by atoms with Crippen LogP contribution in [0.5, 0.6) is 0 Å². The van der Waals surface area contributed by atoms with Crippen molar-refractivity contribution in [3.05, 3.63) is 70.2 Å². The minimum atomic E-state index is -0.880. The summed E-state index contributed by atoms with van der Waals surface area (Å²) in [5, 5.41) is 10.3. The molecule has 1 fully saturated rings. The van der Waals surface area contributed by atoms with Crippen molar-refractivity contribution in [2.75, 3.05) is 19.7 Å². The van der Waals surface area contributed by atoms with Crippen LogP contribution in [-0.4, -0.2) is 41.6 Å². The molecule has 0 radical (unpaired) electrons. The van der Waals surface area contributed by atoms with Crippen LogP contribution in [0.15, 0.2) is 48.5 Å². The highest BCUT2D eigenvalue weighted by Gasteiger charge is 2.41. The lowest BCUT2D eigenvalue weighted by Gasteiger charge is -2.27. The van der Waals surface area contributed by atoms with Crippen LogP contribution in [0, 0.1) is 5.92 Å². The molecular weight excluding hydrogens is 378 g/mol. The number of carboxylic acids is 1. The number of halogens is 1. The number of benzene rings is 2. The first-order valence-corrected chi connectivity index (χ1v) is 9.86. The van der Waals surface area contributed by atoms with Crippen LogP contribution in [0.4, 0.5) is 0 Å². The summed E-state index contributed by atoms with van der Waals surface area (Å²) in [6.07, 6.45) is 0.816. The summed E-state index contributed by atoms with van der Waals surface area (Å²) in [6, 6.07) is 15.2. The van der Waals surface area contributed by atoms with Crippen molar-refractivity contribution >= 4 is 23.5 Å². The Balaban J connectivity index is 1.49. The zero-order chi connectivity index (χ0) is 19.7. The minimum absolute atomic E-state index is 0.0654. The van der Waals surface area contributed by atoms with Crippen LogP contribution < -0.4 is 0 Å². The summed E-state index contributed by atoms with van der Waals surface area (Å²) in [7, 11) is 0. The number of hydrogen-bond acceptors (Lipinski definition) is 3. The monoisotopic (exact) mass is 399 g/mol. The van der Waals surface area contributed by atoms with Crippen molar-refractivity contribution in [2.24, 2.45) is 5.92 Å². The predicted molar refractivity (Wildman–Crippen MR) is 105 cm³/mol. The third-order valence-corrected chi connectivity index (χ3v) is 5.99. The number of rotatable bonds is 4. The number of carboxylic acid groups (broad SMARTS) is 1. The molecule has 1 saturated heterocycles. The van der Waals surface area contributed by atoms with Crippen LogP contribution in [-0.2, 0) is 20.7 Å². The molecule has 1 unspecified atom stereocenters. The normalized spacial score (nSPS) is 24.0. The number of nitrogens with zero attached hydrogens (tertiary/aromatic N) is 1. The molecule has 0 bridgehead atoms. The van der Waals surface area contributed by atoms with Crippen molar-refractivity contribution in [2.45, 2.75) is 24.9 Å². The topological polar surface area (TPSA) is 66.8 Å². The van der Waals surface area contributed by atoms with Gasteiger partial charge in [-0.1, -0.05) is 48.0 Å². The van der Waals surface area contributed by atoms with E-state index in [9.17, 15) is 14.7 Å². The number of amides is 1. The van der Waals surface area contributed by atoms with Gasteiger partial charge >= 0.3 is 5.97 Å². The van der Waals surface area contributed by atoms with E-state index in [-0.39, 0.29) is 30.9 Å². The van der Waals surface area contributed by atoms with Gasteiger partial charge in [-0.2, -0.15) is 0 Å². The summed E-state index contributed by atoms with van der Waals surface area (Å²) in [4.78, 5) is 26.4. The lowest BCUT2D eigenvalue weighted by molar-refractivity contribution is -0.142. The molecule has 6 heteroatoms. The number of hydrogen-bond donors (Lipinski definition) is 1. The number of fused-ring (bicyclic) bond motifs is 1. The molecule has 1 amide bonds. The fourth-order valence-corrected chi connectivity index (χ4v) is 4.36. The van der Waals surface area contributed by atoms with Gasteiger partial charge in [-0.3, -0.25) is 9.59 Å². The molecule has 2 aromatic carbocycles. The number of aliphatic carboxylic acids is 1. The molecule has 3 atom stereocenters. The Morgan fingerprint density at radius 1 is 1.11 bits per heavy atom. The van der Waals surface area contributed by atoms with Gasteiger partial charge in [-0.05, 0) is 35.2 Å². The van der Waals surface area contributed by atoms with Crippen molar-refractivity contribution in [3.8, 4) is 0 Å². The fourth-order valence-electron chi connectivity index (χ4n) is 4.24. The highest BCUT2D eigenvalue weighted by molar-refractivity contribution is 6.30. The SMILES string of the molecule is O=C(O)[C@@H]1CN(C(=O)CC2OCCc3ccccc32)C[C@H]1c1ccc(Cl)cc1. The highest BCUT2D eigenvalue weighted by atomic mass is 35.5. The van der Waals surface area contributed by atoms with Crippen LogP contribution in [0.25, 0.3) is 0 Å². The standard InChI is InChI=1S/C22H22ClNO4/c23-16-7-5-15(6-8-16)18-12-24(13-19(18)22(26)27)21(25)11-20-17-4-2-1-3-14(17)9-10-28-20/h1-8,18-20H,9-13H2,(H,26,27)/t18-,19+,20?/m0/s1. The first-order chi connectivity index (χ1) is 13.5. The van der Waals surface area contributed by atoms with Gasteiger partial charge in [0.1, 0.15) is 0 Å². The molecule has 2 heterocycles. The number of carbonyl (C=O) groups excluding carboxylic acids is 1. The molecular formula is C22H22ClNO4. The maximum absolute atomic E-state index is 13.0. The number of ether oxygens (including phenoxy) is 1. The van der Waals surface area contributed by atoms with E-state index in [0.29, 0.717) is 18.2 Å². The van der Waals surface area contributed by atoms with E-state index < -0.39 is 11.9 Å². The molecule has 2 aliphatic heterocycles. The Labute approximate surface area is 168 Å². The summed E-state index contributed by atoms with van der Waals surface area (Å²) in [5.74, 6) is -1.80. The van der Waals surface area contributed by atoms with Crippen molar-refractivity contribution in [3.63, 3.8) is 0 Å². The average molecular weight is 400 g/mol. The Morgan fingerprint density at radius 2 is 1.86 bits per heavy atom. The summed E-state index contributed by atoms with van der Waals surface area (Å²) in [6.45, 7) is 1.21. The Morgan fingerprint density at radius 3 is 2.61 bits per heavy atom. The Kier molecular flexibility index (Phi) is 5.38. The molecule has 4 rings (SSSR count). The molecule has 2 aliphatic rings. The Bertz CT molecular complexity index is 882. The predicted octanol–water partition coefficient (Wildman–Crippen LogP) is 3.67. The minimum Gasteiger partial charge on any atom is -0.481 e. The van der Waals surface area contributed by atoms with Gasteiger partial charge in [0.15, 0.2) is 0 Å². The van der Waals surface area contributed by atoms with E-state index in [1.54, 1.807) is 17.0 Å². The average Bonchev–Trinajstić information content (AvgIpc) is 3.15. The third kappa shape index (κ3) is 3.77. The fraction of sp³-hybridized carbons (Fsp3) is 0.364. The van der Waals surface area contributed by atoms with Gasteiger partial charge in [-0.15, -0.1) is 0 Å². The summed E-state index contributed by atoms with van der Waals surface area (Å²) in [5.41, 5.74) is 3.17. The quantitative estimate of drug-likeness (QED) is 0.851. The van der Waals surface area contributed by atoms with E-state index in [2.05, 4.69) is 6.07 Å². The second-order valence-corrected chi connectivity index (χ2v) is 7.85. The first-order valence-electron chi connectivity index (χ1n) is 9.48. The summed E-state index contributed by atoms with van der Waals surface area (Å²) < 4.78 is 5.86. The lowest BCUT2D eigenvalue weighted by Crippen LogP contribution is -2.32. The molecule has 0 saturated carbocycles.